The van der Waals surface area contributed by atoms with Crippen LogP contribution >= 0.6 is 0 Å². The summed E-state index contributed by atoms with van der Waals surface area (Å²) in [6.07, 6.45) is 1.03. The Labute approximate surface area is 144 Å². The van der Waals surface area contributed by atoms with Gasteiger partial charge in [0.2, 0.25) is 5.91 Å². The number of hydrogen-bond acceptors (Lipinski definition) is 3. The van der Waals surface area contributed by atoms with Gasteiger partial charge in [0, 0.05) is 11.8 Å². The molecule has 6 heteroatoms. The van der Waals surface area contributed by atoms with Crippen molar-refractivity contribution in [1.29, 1.82) is 0 Å². The number of halogens is 1. The van der Waals surface area contributed by atoms with E-state index in [0.29, 0.717) is 12.8 Å². The summed E-state index contributed by atoms with van der Waals surface area (Å²) in [6.45, 7) is 0.242. The van der Waals surface area contributed by atoms with Crippen LogP contribution in [-0.2, 0) is 16.2 Å². The fourth-order valence-corrected chi connectivity index (χ4v) is 2.78. The van der Waals surface area contributed by atoms with Crippen LogP contribution < -0.4 is 10.1 Å². The molecule has 0 aromatic heterocycles. The number of amides is 1. The van der Waals surface area contributed by atoms with Gasteiger partial charge >= 0.3 is 5.97 Å². The molecule has 2 aromatic carbocycles. The summed E-state index contributed by atoms with van der Waals surface area (Å²) < 4.78 is 19.6. The molecule has 3 rings (SSSR count). The third-order valence-corrected chi connectivity index (χ3v) is 4.36. The highest BCUT2D eigenvalue weighted by Gasteiger charge is 2.41. The highest BCUT2D eigenvalue weighted by Crippen LogP contribution is 2.35. The molecule has 0 bridgehead atoms. The molecule has 0 heterocycles. The van der Waals surface area contributed by atoms with Gasteiger partial charge in [0.15, 0.2) is 11.6 Å². The van der Waals surface area contributed by atoms with Crippen molar-refractivity contribution in [3.63, 3.8) is 0 Å². The first-order valence-electron chi connectivity index (χ1n) is 8.04. The molecule has 0 radical (unpaired) electrons. The number of carbonyl (C=O) groups is 2. The number of hydrogen-bond donors (Lipinski definition) is 2. The summed E-state index contributed by atoms with van der Waals surface area (Å²) in [5, 5.41) is 11.6. The van der Waals surface area contributed by atoms with Crippen molar-refractivity contribution in [2.75, 3.05) is 5.32 Å². The number of carbonyl (C=O) groups excluding carboxylic acids is 1. The molecule has 0 aliphatic heterocycles. The minimum Gasteiger partial charge on any atom is -0.486 e. The molecule has 2 atom stereocenters. The molecule has 2 N–H and O–H groups in total. The van der Waals surface area contributed by atoms with Crippen LogP contribution in [0.4, 0.5) is 10.1 Å². The second kappa shape index (κ2) is 7.34. The maximum atomic E-state index is 14.1. The van der Waals surface area contributed by atoms with Crippen LogP contribution in [0.1, 0.15) is 18.4 Å². The molecule has 0 unspecified atom stereocenters. The molecule has 5 nitrogen and oxygen atoms in total. The summed E-state index contributed by atoms with van der Waals surface area (Å²) in [7, 11) is 0. The van der Waals surface area contributed by atoms with Gasteiger partial charge in [-0.25, -0.2) is 4.39 Å². The molecule has 1 amide bonds. The number of anilines is 1. The Hall–Kier alpha value is -2.89. The molecule has 1 aliphatic rings. The van der Waals surface area contributed by atoms with E-state index in [4.69, 9.17) is 9.84 Å². The number of aliphatic carboxylic acids is 1. The molecular formula is C19H18FNO4. The van der Waals surface area contributed by atoms with Gasteiger partial charge in [0.1, 0.15) is 6.61 Å². The Morgan fingerprint density at radius 3 is 2.44 bits per heavy atom. The second-order valence-electron chi connectivity index (χ2n) is 6.04. The number of nitrogens with one attached hydrogen (secondary N) is 1. The summed E-state index contributed by atoms with van der Waals surface area (Å²) >= 11 is 0. The fourth-order valence-electron chi connectivity index (χ4n) is 2.78. The maximum absolute atomic E-state index is 14.1. The zero-order chi connectivity index (χ0) is 17.8. The van der Waals surface area contributed by atoms with Gasteiger partial charge < -0.3 is 15.2 Å². The third kappa shape index (κ3) is 3.96. The van der Waals surface area contributed by atoms with Crippen molar-refractivity contribution >= 4 is 17.6 Å². The van der Waals surface area contributed by atoms with E-state index in [0.717, 1.165) is 5.56 Å². The van der Waals surface area contributed by atoms with Gasteiger partial charge in [-0.3, -0.25) is 9.59 Å². The summed E-state index contributed by atoms with van der Waals surface area (Å²) in [4.78, 5) is 23.1. The van der Waals surface area contributed by atoms with Crippen molar-refractivity contribution in [3.8, 4) is 5.75 Å². The molecule has 1 aliphatic carbocycles. The van der Waals surface area contributed by atoms with Gasteiger partial charge in [-0.2, -0.15) is 0 Å². The largest absolute Gasteiger partial charge is 0.486 e. The highest BCUT2D eigenvalue weighted by atomic mass is 19.1. The van der Waals surface area contributed by atoms with E-state index in [2.05, 4.69) is 5.32 Å². The van der Waals surface area contributed by atoms with Crippen molar-refractivity contribution in [2.24, 2.45) is 11.8 Å². The topological polar surface area (TPSA) is 75.6 Å². The molecular weight excluding hydrogens is 325 g/mol. The lowest BCUT2D eigenvalue weighted by Crippen LogP contribution is -2.41. The Bertz CT molecular complexity index is 778. The molecule has 2 aromatic rings. The molecule has 0 saturated heterocycles. The van der Waals surface area contributed by atoms with E-state index >= 15 is 0 Å². The minimum atomic E-state index is -0.970. The average Bonchev–Trinajstić information content (AvgIpc) is 2.53. The highest BCUT2D eigenvalue weighted by molar-refractivity contribution is 5.96. The Morgan fingerprint density at radius 2 is 1.84 bits per heavy atom. The Morgan fingerprint density at radius 1 is 1.12 bits per heavy atom. The number of rotatable bonds is 6. The van der Waals surface area contributed by atoms with Crippen molar-refractivity contribution in [1.82, 2.24) is 0 Å². The van der Waals surface area contributed by atoms with Crippen molar-refractivity contribution in [2.45, 2.75) is 19.4 Å². The van der Waals surface area contributed by atoms with Crippen LogP contribution in [0.3, 0.4) is 0 Å². The standard InChI is InChI=1S/C19H18FNO4/c20-16-10-13(21-18(22)14-7-8-15(14)19(23)24)6-9-17(16)25-11-12-4-2-1-3-5-12/h1-6,9-10,14-15H,7-8,11H2,(H,21,22)(H,23,24)/t14-,15+/m0/s1. The normalized spacial score (nSPS) is 18.9. The monoisotopic (exact) mass is 343 g/mol. The lowest BCUT2D eigenvalue weighted by Gasteiger charge is -2.31. The third-order valence-electron chi connectivity index (χ3n) is 4.36. The SMILES string of the molecule is O=C(Nc1ccc(OCc2ccccc2)c(F)c1)[C@H]1CC[C@H]1C(=O)O. The Kier molecular flexibility index (Phi) is 4.97. The number of carboxylic acids is 1. The van der Waals surface area contributed by atoms with Crippen LogP contribution in [0.25, 0.3) is 0 Å². The number of ether oxygens (including phenoxy) is 1. The van der Waals surface area contributed by atoms with Crippen LogP contribution in [0.5, 0.6) is 5.75 Å². The van der Waals surface area contributed by atoms with Crippen molar-refractivity contribution in [3.05, 3.63) is 59.9 Å². The minimum absolute atomic E-state index is 0.0916. The van der Waals surface area contributed by atoms with E-state index in [1.807, 2.05) is 30.3 Å². The molecule has 25 heavy (non-hydrogen) atoms. The maximum Gasteiger partial charge on any atom is 0.307 e. The molecule has 0 spiro atoms. The van der Waals surface area contributed by atoms with E-state index < -0.39 is 29.5 Å². The van der Waals surface area contributed by atoms with Gasteiger partial charge in [-0.1, -0.05) is 30.3 Å². The van der Waals surface area contributed by atoms with Crippen LogP contribution in [-0.4, -0.2) is 17.0 Å². The predicted octanol–water partition coefficient (Wildman–Crippen LogP) is 3.45. The van der Waals surface area contributed by atoms with E-state index in [9.17, 15) is 14.0 Å². The first-order valence-corrected chi connectivity index (χ1v) is 8.04. The number of benzene rings is 2. The first kappa shape index (κ1) is 17.0. The van der Waals surface area contributed by atoms with Crippen molar-refractivity contribution < 1.29 is 23.8 Å². The summed E-state index contributed by atoms with van der Waals surface area (Å²) in [5.41, 5.74) is 1.20. The van der Waals surface area contributed by atoms with Gasteiger partial charge in [-0.15, -0.1) is 0 Å². The summed E-state index contributed by atoms with van der Waals surface area (Å²) in [5.74, 6) is -3.07. The zero-order valence-electron chi connectivity index (χ0n) is 13.4. The summed E-state index contributed by atoms with van der Waals surface area (Å²) in [6, 6.07) is 13.6. The van der Waals surface area contributed by atoms with E-state index in [1.165, 1.54) is 18.2 Å². The van der Waals surface area contributed by atoms with E-state index in [1.54, 1.807) is 0 Å². The van der Waals surface area contributed by atoms with Crippen LogP contribution in [0.2, 0.25) is 0 Å². The average molecular weight is 343 g/mol. The van der Waals surface area contributed by atoms with Crippen LogP contribution in [0.15, 0.2) is 48.5 Å². The lowest BCUT2D eigenvalue weighted by atomic mass is 9.73. The number of carboxylic acid groups (broad SMARTS) is 1. The quantitative estimate of drug-likeness (QED) is 0.842. The molecule has 1 fully saturated rings. The molecule has 1 saturated carbocycles. The zero-order valence-corrected chi connectivity index (χ0v) is 13.4. The fraction of sp³-hybridized carbons (Fsp3) is 0.263. The molecule has 130 valence electrons. The first-order chi connectivity index (χ1) is 12.0. The smallest absolute Gasteiger partial charge is 0.307 e. The van der Waals surface area contributed by atoms with Crippen LogP contribution in [0, 0.1) is 17.7 Å². The van der Waals surface area contributed by atoms with E-state index in [-0.39, 0.29) is 18.0 Å². The van der Waals surface area contributed by atoms with Gasteiger partial charge in [0.05, 0.1) is 11.8 Å². The lowest BCUT2D eigenvalue weighted by molar-refractivity contribution is -0.151. The van der Waals surface area contributed by atoms with Gasteiger partial charge in [-0.05, 0) is 30.5 Å². The second-order valence-corrected chi connectivity index (χ2v) is 6.04. The Balaban J connectivity index is 1.60. The van der Waals surface area contributed by atoms with Gasteiger partial charge in [0.25, 0.3) is 0 Å². The predicted molar refractivity (Wildman–Crippen MR) is 89.7 cm³/mol.